The molecular formula is C9H9NO3. The molecule has 68 valence electrons. The maximum absolute atomic E-state index is 11.1. The molecule has 0 aliphatic rings. The molecule has 0 spiro atoms. The molecule has 0 aromatic heterocycles. The summed E-state index contributed by atoms with van der Waals surface area (Å²) in [4.78, 5) is 11.1. The van der Waals surface area contributed by atoms with Crippen LogP contribution in [0, 0.1) is 6.92 Å². The van der Waals surface area contributed by atoms with Crippen LogP contribution in [0.5, 0.6) is 5.75 Å². The second-order valence-corrected chi connectivity index (χ2v) is 2.63. The molecule has 13 heavy (non-hydrogen) atoms. The van der Waals surface area contributed by atoms with Crippen LogP contribution in [0.2, 0.25) is 0 Å². The van der Waals surface area contributed by atoms with E-state index in [-0.39, 0.29) is 11.3 Å². The number of rotatable bonds is 2. The molecule has 4 heteroatoms. The first-order valence-electron chi connectivity index (χ1n) is 3.66. The average molecular weight is 179 g/mol. The molecule has 0 aliphatic carbocycles. The Labute approximate surface area is 75.1 Å². The molecule has 0 aliphatic heterocycles. The fourth-order valence-corrected chi connectivity index (χ4v) is 0.969. The minimum absolute atomic E-state index is 0.115. The molecule has 2 N–H and O–H groups in total. The van der Waals surface area contributed by atoms with Gasteiger partial charge in [0.25, 0.3) is 0 Å². The molecule has 0 saturated carbocycles. The van der Waals surface area contributed by atoms with E-state index in [4.69, 9.17) is 5.21 Å². The number of nitrogens with zero attached hydrogens (tertiary/aromatic N) is 1. The molecule has 4 nitrogen and oxygen atoms in total. The Morgan fingerprint density at radius 1 is 1.54 bits per heavy atom. The molecule has 0 saturated heterocycles. The number of Topliss-reactive ketones (excluding diaryl/α,β-unsaturated/α-hetero) is 1. The van der Waals surface area contributed by atoms with Gasteiger partial charge in [-0.1, -0.05) is 16.8 Å². The van der Waals surface area contributed by atoms with Crippen LogP contribution >= 0.6 is 0 Å². The molecule has 0 bridgehead atoms. The Morgan fingerprint density at radius 3 is 2.85 bits per heavy atom. The number of hydrogen-bond acceptors (Lipinski definition) is 4. The van der Waals surface area contributed by atoms with E-state index in [2.05, 4.69) is 5.16 Å². The van der Waals surface area contributed by atoms with Gasteiger partial charge in [-0.05, 0) is 19.1 Å². The summed E-state index contributed by atoms with van der Waals surface area (Å²) in [7, 11) is 0. The number of aryl methyl sites for hydroxylation is 1. The van der Waals surface area contributed by atoms with Gasteiger partial charge in [-0.3, -0.25) is 4.79 Å². The largest absolute Gasteiger partial charge is 0.507 e. The summed E-state index contributed by atoms with van der Waals surface area (Å²) in [5.41, 5.74) is 0.991. The molecule has 0 atom stereocenters. The predicted octanol–water partition coefficient (Wildman–Crippen LogP) is 1.34. The first kappa shape index (κ1) is 9.25. The highest BCUT2D eigenvalue weighted by molar-refractivity contribution is 6.36. The van der Waals surface area contributed by atoms with E-state index >= 15 is 0 Å². The number of aromatic hydroxyl groups is 1. The number of hydrogen-bond donors (Lipinski definition) is 2. The van der Waals surface area contributed by atoms with Crippen LogP contribution in [0.1, 0.15) is 15.9 Å². The maximum atomic E-state index is 11.1. The molecule has 0 amide bonds. The van der Waals surface area contributed by atoms with Crippen LogP contribution in [0.4, 0.5) is 0 Å². The van der Waals surface area contributed by atoms with Crippen LogP contribution in [0.15, 0.2) is 23.4 Å². The summed E-state index contributed by atoms with van der Waals surface area (Å²) >= 11 is 0. The van der Waals surface area contributed by atoms with Crippen LogP contribution in [0.3, 0.4) is 0 Å². The summed E-state index contributed by atoms with van der Waals surface area (Å²) in [6.07, 6.45) is 0.745. The summed E-state index contributed by atoms with van der Waals surface area (Å²) in [6, 6.07) is 4.63. The summed E-state index contributed by atoms with van der Waals surface area (Å²) in [5.74, 6) is -0.640. The van der Waals surface area contributed by atoms with E-state index in [0.29, 0.717) is 0 Å². The average Bonchev–Trinajstić information content (AvgIpc) is 2.09. The third-order valence-corrected chi connectivity index (χ3v) is 1.59. The fourth-order valence-electron chi connectivity index (χ4n) is 0.969. The van der Waals surface area contributed by atoms with Crippen molar-refractivity contribution in [1.82, 2.24) is 0 Å². The highest BCUT2D eigenvalue weighted by atomic mass is 16.4. The van der Waals surface area contributed by atoms with Crippen molar-refractivity contribution in [2.24, 2.45) is 5.16 Å². The number of carbonyl (C=O) groups is 1. The SMILES string of the molecule is Cc1ccc(O)c(C(=O)C=NO)c1. The molecule has 1 rings (SSSR count). The Bertz CT molecular complexity index is 358. The molecule has 0 unspecified atom stereocenters. The highest BCUT2D eigenvalue weighted by Gasteiger charge is 2.08. The van der Waals surface area contributed by atoms with E-state index in [1.165, 1.54) is 12.1 Å². The minimum Gasteiger partial charge on any atom is -0.507 e. The number of ketones is 1. The Morgan fingerprint density at radius 2 is 2.23 bits per heavy atom. The van der Waals surface area contributed by atoms with Gasteiger partial charge < -0.3 is 10.3 Å². The van der Waals surface area contributed by atoms with E-state index in [0.717, 1.165) is 11.8 Å². The van der Waals surface area contributed by atoms with Gasteiger partial charge in [0, 0.05) is 0 Å². The quantitative estimate of drug-likeness (QED) is 0.311. The van der Waals surface area contributed by atoms with Crippen LogP contribution in [0.25, 0.3) is 0 Å². The second-order valence-electron chi connectivity index (χ2n) is 2.63. The van der Waals surface area contributed by atoms with Gasteiger partial charge in [0.2, 0.25) is 5.78 Å². The van der Waals surface area contributed by atoms with Gasteiger partial charge in [-0.2, -0.15) is 0 Å². The minimum atomic E-state index is -0.524. The van der Waals surface area contributed by atoms with Crippen molar-refractivity contribution in [2.75, 3.05) is 0 Å². The lowest BCUT2D eigenvalue weighted by Crippen LogP contribution is -2.00. The predicted molar refractivity (Wildman–Crippen MR) is 47.5 cm³/mol. The fraction of sp³-hybridized carbons (Fsp3) is 0.111. The van der Waals surface area contributed by atoms with E-state index in [1.54, 1.807) is 13.0 Å². The van der Waals surface area contributed by atoms with Crippen LogP contribution < -0.4 is 0 Å². The lowest BCUT2D eigenvalue weighted by molar-refractivity contribution is 0.106. The van der Waals surface area contributed by atoms with Gasteiger partial charge in [0.15, 0.2) is 0 Å². The van der Waals surface area contributed by atoms with Gasteiger partial charge in [0.05, 0.1) is 5.56 Å². The van der Waals surface area contributed by atoms with Crippen LogP contribution in [-0.2, 0) is 0 Å². The van der Waals surface area contributed by atoms with Crippen molar-refractivity contribution in [3.63, 3.8) is 0 Å². The van der Waals surface area contributed by atoms with E-state index < -0.39 is 5.78 Å². The molecule has 0 fully saturated rings. The van der Waals surface area contributed by atoms with Crippen molar-refractivity contribution < 1.29 is 15.1 Å². The van der Waals surface area contributed by atoms with Crippen molar-refractivity contribution in [3.8, 4) is 5.75 Å². The standard InChI is InChI=1S/C9H9NO3/c1-6-2-3-8(11)7(4-6)9(12)5-10-13/h2-5,11,13H,1H3. The van der Waals surface area contributed by atoms with E-state index in [9.17, 15) is 9.90 Å². The Balaban J connectivity index is 3.13. The molecule has 1 aromatic rings. The van der Waals surface area contributed by atoms with Gasteiger partial charge in [-0.15, -0.1) is 0 Å². The first-order chi connectivity index (χ1) is 6.15. The summed E-state index contributed by atoms with van der Waals surface area (Å²) in [6.45, 7) is 1.80. The number of phenolic OH excluding ortho intramolecular Hbond substituents is 1. The van der Waals surface area contributed by atoms with Crippen molar-refractivity contribution >= 4 is 12.0 Å². The third-order valence-electron chi connectivity index (χ3n) is 1.59. The number of phenols is 1. The Kier molecular flexibility index (Phi) is 2.64. The summed E-state index contributed by atoms with van der Waals surface area (Å²) in [5, 5.41) is 20.0. The number of carbonyl (C=O) groups excluding carboxylic acids is 1. The normalized spacial score (nSPS) is 10.5. The molecular weight excluding hydrogens is 170 g/mol. The first-order valence-corrected chi connectivity index (χ1v) is 3.66. The van der Waals surface area contributed by atoms with Gasteiger partial charge in [-0.25, -0.2) is 0 Å². The second kappa shape index (κ2) is 3.71. The molecule has 0 radical (unpaired) electrons. The van der Waals surface area contributed by atoms with E-state index in [1.807, 2.05) is 0 Å². The van der Waals surface area contributed by atoms with Crippen LogP contribution in [-0.4, -0.2) is 22.3 Å². The highest BCUT2D eigenvalue weighted by Crippen LogP contribution is 2.17. The van der Waals surface area contributed by atoms with Gasteiger partial charge >= 0.3 is 0 Å². The van der Waals surface area contributed by atoms with Gasteiger partial charge in [0.1, 0.15) is 12.0 Å². The smallest absolute Gasteiger partial charge is 0.211 e. The Hall–Kier alpha value is -1.84. The third kappa shape index (κ3) is 2.05. The zero-order valence-electron chi connectivity index (χ0n) is 7.06. The lowest BCUT2D eigenvalue weighted by atomic mass is 10.1. The lowest BCUT2D eigenvalue weighted by Gasteiger charge is -2.00. The topological polar surface area (TPSA) is 69.9 Å². The number of benzene rings is 1. The molecule has 1 aromatic carbocycles. The number of oxime groups is 1. The zero-order valence-corrected chi connectivity index (χ0v) is 7.06. The van der Waals surface area contributed by atoms with Crippen molar-refractivity contribution in [2.45, 2.75) is 6.92 Å². The van der Waals surface area contributed by atoms with Crippen molar-refractivity contribution in [3.05, 3.63) is 29.3 Å². The maximum Gasteiger partial charge on any atom is 0.211 e. The molecule has 0 heterocycles. The monoisotopic (exact) mass is 179 g/mol. The summed E-state index contributed by atoms with van der Waals surface area (Å²) < 4.78 is 0. The zero-order chi connectivity index (χ0) is 9.84. The van der Waals surface area contributed by atoms with Crippen molar-refractivity contribution in [1.29, 1.82) is 0 Å².